The van der Waals surface area contributed by atoms with Crippen molar-refractivity contribution >= 4 is 11.8 Å². The SMILES string of the molecule is CC(C)c1cc(C(=O)O)cc(NC(C)C(C)(C)C)n1. The number of rotatable bonds is 4. The minimum atomic E-state index is -0.921. The van der Waals surface area contributed by atoms with E-state index in [0.29, 0.717) is 5.82 Å². The summed E-state index contributed by atoms with van der Waals surface area (Å²) in [5.41, 5.74) is 1.16. The molecule has 0 fully saturated rings. The Labute approximate surface area is 115 Å². The number of anilines is 1. The molecular weight excluding hydrogens is 240 g/mol. The monoisotopic (exact) mass is 264 g/mol. The predicted octanol–water partition coefficient (Wildman–Crippen LogP) is 3.75. The Hall–Kier alpha value is -1.58. The van der Waals surface area contributed by atoms with E-state index in [1.165, 1.54) is 0 Å². The van der Waals surface area contributed by atoms with E-state index in [2.05, 4.69) is 38.0 Å². The van der Waals surface area contributed by atoms with E-state index in [1.54, 1.807) is 12.1 Å². The third kappa shape index (κ3) is 4.23. The fourth-order valence-electron chi connectivity index (χ4n) is 1.48. The number of nitrogens with zero attached hydrogens (tertiary/aromatic N) is 1. The summed E-state index contributed by atoms with van der Waals surface area (Å²) in [6.07, 6.45) is 0. The molecule has 1 atom stereocenters. The lowest BCUT2D eigenvalue weighted by atomic mass is 9.88. The quantitative estimate of drug-likeness (QED) is 0.869. The lowest BCUT2D eigenvalue weighted by Crippen LogP contribution is -2.31. The van der Waals surface area contributed by atoms with Gasteiger partial charge in [0.2, 0.25) is 0 Å². The molecule has 1 heterocycles. The first-order valence-corrected chi connectivity index (χ1v) is 6.63. The average molecular weight is 264 g/mol. The average Bonchev–Trinajstić information content (AvgIpc) is 2.27. The first-order valence-electron chi connectivity index (χ1n) is 6.63. The predicted molar refractivity (Wildman–Crippen MR) is 77.8 cm³/mol. The molecule has 4 heteroatoms. The molecule has 0 spiro atoms. The highest BCUT2D eigenvalue weighted by atomic mass is 16.4. The second-order valence-electron chi connectivity index (χ2n) is 6.36. The van der Waals surface area contributed by atoms with Crippen LogP contribution in [-0.2, 0) is 0 Å². The van der Waals surface area contributed by atoms with E-state index >= 15 is 0 Å². The van der Waals surface area contributed by atoms with Crippen LogP contribution in [0.4, 0.5) is 5.82 Å². The summed E-state index contributed by atoms with van der Waals surface area (Å²) in [4.78, 5) is 15.6. The molecule has 1 aromatic heterocycles. The normalized spacial score (nSPS) is 13.4. The van der Waals surface area contributed by atoms with Crippen molar-refractivity contribution in [3.63, 3.8) is 0 Å². The van der Waals surface area contributed by atoms with Gasteiger partial charge >= 0.3 is 5.97 Å². The Morgan fingerprint density at radius 1 is 1.26 bits per heavy atom. The maximum absolute atomic E-state index is 11.2. The Balaban J connectivity index is 3.10. The van der Waals surface area contributed by atoms with E-state index < -0.39 is 5.97 Å². The van der Waals surface area contributed by atoms with E-state index in [-0.39, 0.29) is 22.9 Å². The highest BCUT2D eigenvalue weighted by Crippen LogP contribution is 2.24. The Kier molecular flexibility index (Phi) is 4.56. The molecular formula is C15H24N2O2. The van der Waals surface area contributed by atoms with Crippen LogP contribution in [0, 0.1) is 5.41 Å². The number of carboxylic acid groups (broad SMARTS) is 1. The van der Waals surface area contributed by atoms with Crippen LogP contribution in [0.2, 0.25) is 0 Å². The van der Waals surface area contributed by atoms with E-state index in [1.807, 2.05) is 13.8 Å². The number of hydrogen-bond acceptors (Lipinski definition) is 3. The van der Waals surface area contributed by atoms with Crippen molar-refractivity contribution in [3.8, 4) is 0 Å². The second-order valence-corrected chi connectivity index (χ2v) is 6.36. The molecule has 1 unspecified atom stereocenters. The van der Waals surface area contributed by atoms with Crippen LogP contribution < -0.4 is 5.32 Å². The maximum atomic E-state index is 11.2. The zero-order valence-electron chi connectivity index (χ0n) is 12.6. The lowest BCUT2D eigenvalue weighted by Gasteiger charge is -2.28. The number of hydrogen-bond donors (Lipinski definition) is 2. The molecule has 0 bridgehead atoms. The van der Waals surface area contributed by atoms with Gasteiger partial charge in [-0.2, -0.15) is 0 Å². The third-order valence-electron chi connectivity index (χ3n) is 3.35. The van der Waals surface area contributed by atoms with Gasteiger partial charge < -0.3 is 10.4 Å². The van der Waals surface area contributed by atoms with Crippen molar-refractivity contribution in [2.75, 3.05) is 5.32 Å². The fraction of sp³-hybridized carbons (Fsp3) is 0.600. The fourth-order valence-corrected chi connectivity index (χ4v) is 1.48. The number of nitrogens with one attached hydrogen (secondary N) is 1. The van der Waals surface area contributed by atoms with Gasteiger partial charge in [0.15, 0.2) is 0 Å². The van der Waals surface area contributed by atoms with Crippen molar-refractivity contribution < 1.29 is 9.90 Å². The Morgan fingerprint density at radius 2 is 1.84 bits per heavy atom. The molecule has 19 heavy (non-hydrogen) atoms. The smallest absolute Gasteiger partial charge is 0.335 e. The second kappa shape index (κ2) is 5.59. The molecule has 4 nitrogen and oxygen atoms in total. The van der Waals surface area contributed by atoms with Crippen molar-refractivity contribution in [2.24, 2.45) is 5.41 Å². The van der Waals surface area contributed by atoms with Crippen molar-refractivity contribution in [2.45, 2.75) is 53.5 Å². The molecule has 1 rings (SSSR count). The summed E-state index contributed by atoms with van der Waals surface area (Å²) < 4.78 is 0. The minimum Gasteiger partial charge on any atom is -0.478 e. The minimum absolute atomic E-state index is 0.0822. The van der Waals surface area contributed by atoms with E-state index in [4.69, 9.17) is 5.11 Å². The zero-order valence-corrected chi connectivity index (χ0v) is 12.6. The van der Waals surface area contributed by atoms with Crippen molar-refractivity contribution in [3.05, 3.63) is 23.4 Å². The van der Waals surface area contributed by atoms with Gasteiger partial charge in [-0.25, -0.2) is 9.78 Å². The summed E-state index contributed by atoms with van der Waals surface area (Å²) in [6, 6.07) is 3.43. The number of aromatic carboxylic acids is 1. The molecule has 0 aromatic carbocycles. The molecule has 0 saturated heterocycles. The van der Waals surface area contributed by atoms with Gasteiger partial charge in [-0.05, 0) is 30.4 Å². The van der Waals surface area contributed by atoms with Gasteiger partial charge in [-0.1, -0.05) is 34.6 Å². The molecule has 0 aliphatic carbocycles. The van der Waals surface area contributed by atoms with Gasteiger partial charge in [0.25, 0.3) is 0 Å². The number of pyridine rings is 1. The highest BCUT2D eigenvalue weighted by Gasteiger charge is 2.21. The van der Waals surface area contributed by atoms with Gasteiger partial charge in [-0.15, -0.1) is 0 Å². The van der Waals surface area contributed by atoms with Crippen LogP contribution in [0.15, 0.2) is 12.1 Å². The van der Waals surface area contributed by atoms with Crippen molar-refractivity contribution in [1.29, 1.82) is 0 Å². The van der Waals surface area contributed by atoms with Gasteiger partial charge in [-0.3, -0.25) is 0 Å². The third-order valence-corrected chi connectivity index (χ3v) is 3.35. The van der Waals surface area contributed by atoms with Crippen LogP contribution >= 0.6 is 0 Å². The first-order chi connectivity index (χ1) is 8.61. The van der Waals surface area contributed by atoms with Crippen LogP contribution in [0.25, 0.3) is 0 Å². The Morgan fingerprint density at radius 3 is 2.26 bits per heavy atom. The molecule has 0 aliphatic rings. The molecule has 0 amide bonds. The summed E-state index contributed by atoms with van der Waals surface area (Å²) in [5, 5.41) is 12.5. The Bertz CT molecular complexity index is 462. The van der Waals surface area contributed by atoms with Crippen LogP contribution in [0.1, 0.15) is 63.5 Å². The number of carbonyl (C=O) groups is 1. The van der Waals surface area contributed by atoms with Gasteiger partial charge in [0.1, 0.15) is 5.82 Å². The summed E-state index contributed by atoms with van der Waals surface area (Å²) >= 11 is 0. The summed E-state index contributed by atoms with van der Waals surface area (Å²) in [7, 11) is 0. The summed E-state index contributed by atoms with van der Waals surface area (Å²) in [6.45, 7) is 12.5. The van der Waals surface area contributed by atoms with E-state index in [9.17, 15) is 4.79 Å². The van der Waals surface area contributed by atoms with E-state index in [0.717, 1.165) is 5.69 Å². The zero-order chi connectivity index (χ0) is 14.8. The highest BCUT2D eigenvalue weighted by molar-refractivity contribution is 5.88. The van der Waals surface area contributed by atoms with Gasteiger partial charge in [0.05, 0.1) is 5.56 Å². The van der Waals surface area contributed by atoms with Crippen LogP contribution in [-0.4, -0.2) is 22.1 Å². The maximum Gasteiger partial charge on any atom is 0.335 e. The molecule has 0 aliphatic heterocycles. The molecule has 106 valence electrons. The lowest BCUT2D eigenvalue weighted by molar-refractivity contribution is 0.0696. The number of carboxylic acids is 1. The number of aromatic nitrogens is 1. The standard InChI is InChI=1S/C15H24N2O2/c1-9(2)12-7-11(14(18)19)8-13(17-12)16-10(3)15(4,5)6/h7-10H,1-6H3,(H,16,17)(H,18,19). The largest absolute Gasteiger partial charge is 0.478 e. The first kappa shape index (κ1) is 15.5. The topological polar surface area (TPSA) is 62.2 Å². The summed E-state index contributed by atoms with van der Waals surface area (Å²) in [5.74, 6) is -0.0911. The van der Waals surface area contributed by atoms with Crippen molar-refractivity contribution in [1.82, 2.24) is 4.98 Å². The van der Waals surface area contributed by atoms with Crippen LogP contribution in [0.5, 0.6) is 0 Å². The van der Waals surface area contributed by atoms with Gasteiger partial charge in [0, 0.05) is 11.7 Å². The molecule has 0 radical (unpaired) electrons. The molecule has 0 saturated carbocycles. The molecule has 2 N–H and O–H groups in total. The molecule has 1 aromatic rings. The van der Waals surface area contributed by atoms with Crippen LogP contribution in [0.3, 0.4) is 0 Å².